The van der Waals surface area contributed by atoms with Gasteiger partial charge in [-0.2, -0.15) is 4.98 Å². The van der Waals surface area contributed by atoms with Crippen molar-refractivity contribution in [2.75, 3.05) is 12.3 Å². The number of carbonyl (C=O) groups excluding carboxylic acids is 1. The van der Waals surface area contributed by atoms with Crippen LogP contribution in [0.1, 0.15) is 19.4 Å². The van der Waals surface area contributed by atoms with Gasteiger partial charge in [0.05, 0.1) is 12.1 Å². The van der Waals surface area contributed by atoms with Gasteiger partial charge in [0.2, 0.25) is 5.91 Å². The average Bonchev–Trinajstić information content (AvgIpc) is 2.30. The van der Waals surface area contributed by atoms with Crippen molar-refractivity contribution in [1.29, 1.82) is 0 Å². The topological polar surface area (TPSA) is 90.0 Å². The summed E-state index contributed by atoms with van der Waals surface area (Å²) in [6.07, 6.45) is 1.52. The molecule has 0 aliphatic heterocycles. The fourth-order valence-corrected chi connectivity index (χ4v) is 1.13. The van der Waals surface area contributed by atoms with Gasteiger partial charge in [0.25, 0.3) is 0 Å². The largest absolute Gasteiger partial charge is 0.382 e. The van der Waals surface area contributed by atoms with E-state index in [-0.39, 0.29) is 24.2 Å². The molecule has 0 saturated heterocycles. The van der Waals surface area contributed by atoms with Crippen LogP contribution < -0.4 is 16.7 Å². The second kappa shape index (κ2) is 5.87. The van der Waals surface area contributed by atoms with Crippen LogP contribution in [0.4, 0.5) is 5.82 Å². The first-order chi connectivity index (χ1) is 8.41. The minimum atomic E-state index is -0.425. The smallest absolute Gasteiger partial charge is 0.349 e. The predicted molar refractivity (Wildman–Crippen MR) is 68.6 cm³/mol. The van der Waals surface area contributed by atoms with Gasteiger partial charge < -0.3 is 15.6 Å². The molecule has 6 nitrogen and oxygen atoms in total. The summed E-state index contributed by atoms with van der Waals surface area (Å²) < 4.78 is 1.30. The Labute approximate surface area is 105 Å². The van der Waals surface area contributed by atoms with Gasteiger partial charge in [0.15, 0.2) is 0 Å². The summed E-state index contributed by atoms with van der Waals surface area (Å²) >= 11 is 0. The fraction of sp³-hybridized carbons (Fsp3) is 0.417. The molecule has 96 valence electrons. The molecule has 1 aromatic heterocycles. The minimum absolute atomic E-state index is 0.0594. The monoisotopic (exact) mass is 248 g/mol. The Morgan fingerprint density at radius 2 is 2.28 bits per heavy atom. The molecule has 1 amide bonds. The van der Waals surface area contributed by atoms with Crippen LogP contribution in [0.5, 0.6) is 0 Å². The van der Waals surface area contributed by atoms with Gasteiger partial charge in [-0.15, -0.1) is 0 Å². The molecule has 1 aromatic rings. The molecule has 3 N–H and O–H groups in total. The third-order valence-corrected chi connectivity index (χ3v) is 2.21. The molecule has 0 fully saturated rings. The Kier molecular flexibility index (Phi) is 4.49. The number of carbonyl (C=O) groups is 1. The van der Waals surface area contributed by atoms with Crippen LogP contribution in [0.2, 0.25) is 0 Å². The standard InChI is InChI=1S/C12H16N4O2/c1-8(2)11(17)14-6-4-5-9-7-16(3)12(18)15-10(9)13/h7-8H,6H2,1-3H3,(H,14,17)(H2,13,15,18). The highest BCUT2D eigenvalue weighted by Crippen LogP contribution is 2.01. The molecular weight excluding hydrogens is 232 g/mol. The number of nitrogens with one attached hydrogen (secondary N) is 1. The van der Waals surface area contributed by atoms with E-state index in [1.54, 1.807) is 20.9 Å². The van der Waals surface area contributed by atoms with Crippen molar-refractivity contribution in [3.63, 3.8) is 0 Å². The third-order valence-electron chi connectivity index (χ3n) is 2.21. The molecule has 0 aliphatic carbocycles. The van der Waals surface area contributed by atoms with Gasteiger partial charge in [0, 0.05) is 19.2 Å². The lowest BCUT2D eigenvalue weighted by molar-refractivity contribution is -0.123. The predicted octanol–water partition coefficient (Wildman–Crippen LogP) is -0.514. The van der Waals surface area contributed by atoms with E-state index >= 15 is 0 Å². The number of nitrogens with two attached hydrogens (primary N) is 1. The summed E-state index contributed by atoms with van der Waals surface area (Å²) in [6, 6.07) is 0. The van der Waals surface area contributed by atoms with E-state index in [9.17, 15) is 9.59 Å². The molecule has 0 spiro atoms. The Hall–Kier alpha value is -2.29. The van der Waals surface area contributed by atoms with Crippen LogP contribution in [0.3, 0.4) is 0 Å². The molecule has 18 heavy (non-hydrogen) atoms. The molecule has 0 aromatic carbocycles. The maximum absolute atomic E-state index is 11.3. The quantitative estimate of drug-likeness (QED) is 0.689. The number of hydrogen-bond donors (Lipinski definition) is 2. The van der Waals surface area contributed by atoms with Gasteiger partial charge in [0.1, 0.15) is 5.82 Å². The van der Waals surface area contributed by atoms with E-state index in [1.165, 1.54) is 10.8 Å². The van der Waals surface area contributed by atoms with E-state index in [0.717, 1.165) is 0 Å². The number of amides is 1. The van der Waals surface area contributed by atoms with Crippen molar-refractivity contribution < 1.29 is 4.79 Å². The summed E-state index contributed by atoms with van der Waals surface area (Å²) in [5.74, 6) is 5.49. The Morgan fingerprint density at radius 3 is 2.89 bits per heavy atom. The van der Waals surface area contributed by atoms with Crippen LogP contribution in [-0.2, 0) is 11.8 Å². The van der Waals surface area contributed by atoms with Crippen molar-refractivity contribution in [3.8, 4) is 11.8 Å². The van der Waals surface area contributed by atoms with Crippen LogP contribution in [-0.4, -0.2) is 22.0 Å². The normalized spacial score (nSPS) is 9.78. The SMILES string of the molecule is CC(C)C(=O)NCC#Cc1cn(C)c(=O)nc1N. The van der Waals surface area contributed by atoms with Gasteiger partial charge in [-0.1, -0.05) is 25.7 Å². The molecule has 1 heterocycles. The maximum atomic E-state index is 11.3. The Morgan fingerprint density at radius 1 is 1.61 bits per heavy atom. The van der Waals surface area contributed by atoms with E-state index in [2.05, 4.69) is 22.1 Å². The first-order valence-corrected chi connectivity index (χ1v) is 5.51. The average molecular weight is 248 g/mol. The summed E-state index contributed by atoms with van der Waals surface area (Å²) in [6.45, 7) is 3.84. The highest BCUT2D eigenvalue weighted by Gasteiger charge is 2.04. The van der Waals surface area contributed by atoms with Gasteiger partial charge in [-0.05, 0) is 0 Å². The lowest BCUT2D eigenvalue weighted by atomic mass is 10.2. The summed E-state index contributed by atoms with van der Waals surface area (Å²) in [4.78, 5) is 26.0. The van der Waals surface area contributed by atoms with Crippen LogP contribution in [0, 0.1) is 17.8 Å². The molecule has 0 radical (unpaired) electrons. The van der Waals surface area contributed by atoms with Gasteiger partial charge in [-0.3, -0.25) is 4.79 Å². The fourth-order valence-electron chi connectivity index (χ4n) is 1.13. The third kappa shape index (κ3) is 3.63. The molecule has 0 aliphatic rings. The second-order valence-electron chi connectivity index (χ2n) is 4.11. The molecule has 0 unspecified atom stereocenters. The highest BCUT2D eigenvalue weighted by atomic mass is 16.2. The minimum Gasteiger partial charge on any atom is -0.382 e. The van der Waals surface area contributed by atoms with E-state index in [4.69, 9.17) is 5.73 Å². The summed E-state index contributed by atoms with van der Waals surface area (Å²) in [5.41, 5.74) is 5.61. The molecular formula is C12H16N4O2. The molecule has 0 saturated carbocycles. The molecule has 0 bridgehead atoms. The van der Waals surface area contributed by atoms with Crippen LogP contribution in [0.25, 0.3) is 0 Å². The van der Waals surface area contributed by atoms with Crippen molar-refractivity contribution >= 4 is 11.7 Å². The lowest BCUT2D eigenvalue weighted by Crippen LogP contribution is -2.27. The van der Waals surface area contributed by atoms with Gasteiger partial charge in [-0.25, -0.2) is 4.79 Å². The number of hydrogen-bond acceptors (Lipinski definition) is 4. The Balaban J connectivity index is 2.72. The van der Waals surface area contributed by atoms with Crippen LogP contribution in [0.15, 0.2) is 11.0 Å². The number of aryl methyl sites for hydroxylation is 1. The zero-order valence-corrected chi connectivity index (χ0v) is 10.7. The van der Waals surface area contributed by atoms with Crippen molar-refractivity contribution in [3.05, 3.63) is 22.2 Å². The second-order valence-corrected chi connectivity index (χ2v) is 4.11. The maximum Gasteiger partial charge on any atom is 0.349 e. The van der Waals surface area contributed by atoms with E-state index in [0.29, 0.717) is 5.56 Å². The van der Waals surface area contributed by atoms with Crippen molar-refractivity contribution in [1.82, 2.24) is 14.9 Å². The van der Waals surface area contributed by atoms with Crippen molar-refractivity contribution in [2.45, 2.75) is 13.8 Å². The Bertz CT molecular complexity index is 564. The number of aromatic nitrogens is 2. The van der Waals surface area contributed by atoms with Gasteiger partial charge >= 0.3 is 5.69 Å². The molecule has 0 atom stereocenters. The summed E-state index contributed by atoms with van der Waals surface area (Å²) in [7, 11) is 1.57. The zero-order chi connectivity index (χ0) is 13.7. The van der Waals surface area contributed by atoms with E-state index < -0.39 is 5.69 Å². The molecule has 6 heteroatoms. The van der Waals surface area contributed by atoms with E-state index in [1.807, 2.05) is 0 Å². The zero-order valence-electron chi connectivity index (χ0n) is 10.7. The summed E-state index contributed by atoms with van der Waals surface area (Å²) in [5, 5.41) is 2.66. The van der Waals surface area contributed by atoms with Crippen LogP contribution >= 0.6 is 0 Å². The first kappa shape index (κ1) is 13.8. The number of anilines is 1. The number of rotatable bonds is 2. The number of nitrogen functional groups attached to an aromatic ring is 1. The molecule has 1 rings (SSSR count). The number of nitrogens with zero attached hydrogens (tertiary/aromatic N) is 2. The first-order valence-electron chi connectivity index (χ1n) is 5.51. The van der Waals surface area contributed by atoms with Crippen molar-refractivity contribution in [2.24, 2.45) is 13.0 Å². The lowest BCUT2D eigenvalue weighted by Gasteiger charge is -2.03. The highest BCUT2D eigenvalue weighted by molar-refractivity contribution is 5.78.